The monoisotopic (exact) mass is 273 g/mol. The molecule has 0 saturated carbocycles. The summed E-state index contributed by atoms with van der Waals surface area (Å²) in [4.78, 5) is 1.89. The second-order valence-electron chi connectivity index (χ2n) is 4.93. The smallest absolute Gasteiger partial charge is 0.131 e. The maximum atomic E-state index is 13.9. The highest BCUT2D eigenvalue weighted by Crippen LogP contribution is 2.32. The van der Waals surface area contributed by atoms with Crippen molar-refractivity contribution < 1.29 is 9.50 Å². The fraction of sp³-hybridized carbons (Fsp3) is 0.294. The van der Waals surface area contributed by atoms with Crippen LogP contribution in [0.4, 0.5) is 15.8 Å². The van der Waals surface area contributed by atoms with Crippen LogP contribution in [0.3, 0.4) is 0 Å². The Hall–Kier alpha value is -1.87. The van der Waals surface area contributed by atoms with E-state index < -0.39 is 6.10 Å². The van der Waals surface area contributed by atoms with E-state index in [4.69, 9.17) is 0 Å². The maximum Gasteiger partial charge on any atom is 0.131 e. The molecule has 0 aromatic heterocycles. The number of hydrogen-bond donors (Lipinski definition) is 1. The van der Waals surface area contributed by atoms with E-state index in [2.05, 4.69) is 19.1 Å². The van der Waals surface area contributed by atoms with Crippen LogP contribution in [-0.2, 0) is 6.42 Å². The zero-order valence-electron chi connectivity index (χ0n) is 12.1. The molecule has 0 bridgehead atoms. The number of aliphatic hydroxyl groups excluding tert-OH is 1. The van der Waals surface area contributed by atoms with Gasteiger partial charge in [-0.2, -0.15) is 0 Å². The van der Waals surface area contributed by atoms with Crippen molar-refractivity contribution in [1.29, 1.82) is 0 Å². The minimum atomic E-state index is -0.844. The number of benzene rings is 2. The Bertz CT molecular complexity index is 578. The van der Waals surface area contributed by atoms with E-state index in [9.17, 15) is 9.50 Å². The molecule has 0 aliphatic heterocycles. The Morgan fingerprint density at radius 1 is 1.15 bits per heavy atom. The Balaban J connectivity index is 2.42. The fourth-order valence-electron chi connectivity index (χ4n) is 2.33. The fourth-order valence-corrected chi connectivity index (χ4v) is 2.33. The molecule has 0 aliphatic carbocycles. The number of hydrogen-bond acceptors (Lipinski definition) is 2. The minimum Gasteiger partial charge on any atom is -0.389 e. The van der Waals surface area contributed by atoms with E-state index >= 15 is 0 Å². The Kier molecular flexibility index (Phi) is 4.40. The average molecular weight is 273 g/mol. The standard InChI is InChI=1S/C17H20FNO/c1-4-13-8-10-14(11-9-13)19(3)16-7-5-6-15(18)17(16)12(2)20/h5-12,20H,4H2,1-3H3. The lowest BCUT2D eigenvalue weighted by Crippen LogP contribution is -2.14. The first-order valence-corrected chi connectivity index (χ1v) is 6.83. The van der Waals surface area contributed by atoms with Gasteiger partial charge >= 0.3 is 0 Å². The third kappa shape index (κ3) is 2.83. The zero-order valence-corrected chi connectivity index (χ0v) is 12.1. The molecule has 0 heterocycles. The second kappa shape index (κ2) is 6.06. The average Bonchev–Trinajstić information content (AvgIpc) is 2.46. The largest absolute Gasteiger partial charge is 0.389 e. The Morgan fingerprint density at radius 3 is 2.35 bits per heavy atom. The van der Waals surface area contributed by atoms with Crippen LogP contribution in [0, 0.1) is 5.82 Å². The van der Waals surface area contributed by atoms with Gasteiger partial charge < -0.3 is 10.0 Å². The molecule has 1 unspecified atom stereocenters. The summed E-state index contributed by atoms with van der Waals surface area (Å²) >= 11 is 0. The lowest BCUT2D eigenvalue weighted by molar-refractivity contribution is 0.194. The van der Waals surface area contributed by atoms with Crippen molar-refractivity contribution in [3.05, 3.63) is 59.4 Å². The van der Waals surface area contributed by atoms with Crippen LogP contribution < -0.4 is 4.90 Å². The second-order valence-corrected chi connectivity index (χ2v) is 4.93. The molecule has 0 aliphatic rings. The molecule has 2 rings (SSSR count). The first-order valence-electron chi connectivity index (χ1n) is 6.83. The van der Waals surface area contributed by atoms with Crippen molar-refractivity contribution in [3.8, 4) is 0 Å². The van der Waals surface area contributed by atoms with Crippen molar-refractivity contribution >= 4 is 11.4 Å². The van der Waals surface area contributed by atoms with Crippen molar-refractivity contribution in [2.75, 3.05) is 11.9 Å². The van der Waals surface area contributed by atoms with E-state index in [1.54, 1.807) is 13.0 Å². The van der Waals surface area contributed by atoms with Crippen LogP contribution >= 0.6 is 0 Å². The molecule has 2 nitrogen and oxygen atoms in total. The highest BCUT2D eigenvalue weighted by atomic mass is 19.1. The SMILES string of the molecule is CCc1ccc(N(C)c2cccc(F)c2C(C)O)cc1. The number of anilines is 2. The molecule has 1 N–H and O–H groups in total. The first-order chi connectivity index (χ1) is 9.54. The van der Waals surface area contributed by atoms with Gasteiger partial charge in [-0.3, -0.25) is 0 Å². The highest BCUT2D eigenvalue weighted by molar-refractivity contribution is 5.66. The van der Waals surface area contributed by atoms with Crippen LogP contribution in [0.25, 0.3) is 0 Å². The summed E-state index contributed by atoms with van der Waals surface area (Å²) in [5.74, 6) is -0.380. The minimum absolute atomic E-state index is 0.328. The van der Waals surface area contributed by atoms with Gasteiger partial charge in [0.05, 0.1) is 6.10 Å². The van der Waals surface area contributed by atoms with Crippen molar-refractivity contribution in [2.45, 2.75) is 26.4 Å². The predicted octanol–water partition coefficient (Wildman–Crippen LogP) is 4.21. The van der Waals surface area contributed by atoms with Gasteiger partial charge in [-0.25, -0.2) is 4.39 Å². The van der Waals surface area contributed by atoms with Crippen LogP contribution in [0.2, 0.25) is 0 Å². The molecule has 0 fully saturated rings. The molecule has 3 heteroatoms. The van der Waals surface area contributed by atoms with E-state index in [1.807, 2.05) is 30.1 Å². The molecular formula is C17H20FNO. The quantitative estimate of drug-likeness (QED) is 0.902. The number of aliphatic hydroxyl groups is 1. The molecule has 0 radical (unpaired) electrons. The third-order valence-electron chi connectivity index (χ3n) is 3.54. The lowest BCUT2D eigenvalue weighted by atomic mass is 10.1. The van der Waals surface area contributed by atoms with Crippen LogP contribution in [0.5, 0.6) is 0 Å². The summed E-state index contributed by atoms with van der Waals surface area (Å²) in [5.41, 5.74) is 3.24. The summed E-state index contributed by atoms with van der Waals surface area (Å²) in [6.45, 7) is 3.69. The van der Waals surface area contributed by atoms with Crippen LogP contribution in [0.1, 0.15) is 31.1 Å². The molecule has 20 heavy (non-hydrogen) atoms. The molecule has 2 aromatic carbocycles. The predicted molar refractivity (Wildman–Crippen MR) is 80.9 cm³/mol. The molecule has 106 valence electrons. The molecule has 1 atom stereocenters. The summed E-state index contributed by atoms with van der Waals surface area (Å²) < 4.78 is 13.9. The lowest BCUT2D eigenvalue weighted by Gasteiger charge is -2.24. The van der Waals surface area contributed by atoms with E-state index in [1.165, 1.54) is 11.6 Å². The molecule has 0 amide bonds. The van der Waals surface area contributed by atoms with Gasteiger partial charge in [0.25, 0.3) is 0 Å². The molecular weight excluding hydrogens is 253 g/mol. The number of rotatable bonds is 4. The summed E-state index contributed by atoms with van der Waals surface area (Å²) in [5, 5.41) is 9.80. The number of halogens is 1. The van der Waals surface area contributed by atoms with E-state index in [0.717, 1.165) is 12.1 Å². The van der Waals surface area contributed by atoms with Gasteiger partial charge in [-0.15, -0.1) is 0 Å². The Morgan fingerprint density at radius 2 is 1.80 bits per heavy atom. The summed E-state index contributed by atoms with van der Waals surface area (Å²) in [7, 11) is 1.88. The van der Waals surface area contributed by atoms with Crippen molar-refractivity contribution in [2.24, 2.45) is 0 Å². The molecule has 0 saturated heterocycles. The van der Waals surface area contributed by atoms with E-state index in [0.29, 0.717) is 11.3 Å². The zero-order chi connectivity index (χ0) is 14.7. The van der Waals surface area contributed by atoms with Gasteiger partial charge in [-0.05, 0) is 43.2 Å². The number of aryl methyl sites for hydroxylation is 1. The highest BCUT2D eigenvalue weighted by Gasteiger charge is 2.17. The van der Waals surface area contributed by atoms with Gasteiger partial charge in [-0.1, -0.05) is 25.1 Å². The Labute approximate surface area is 119 Å². The van der Waals surface area contributed by atoms with Crippen molar-refractivity contribution in [3.63, 3.8) is 0 Å². The van der Waals surface area contributed by atoms with Crippen LogP contribution in [-0.4, -0.2) is 12.2 Å². The molecule has 2 aromatic rings. The molecule has 0 spiro atoms. The first kappa shape index (κ1) is 14.5. The third-order valence-corrected chi connectivity index (χ3v) is 3.54. The van der Waals surface area contributed by atoms with Crippen molar-refractivity contribution in [1.82, 2.24) is 0 Å². The summed E-state index contributed by atoms with van der Waals surface area (Å²) in [6, 6.07) is 13.0. The normalized spacial score (nSPS) is 12.2. The van der Waals surface area contributed by atoms with Gasteiger partial charge in [0.15, 0.2) is 0 Å². The van der Waals surface area contributed by atoms with Gasteiger partial charge in [0.2, 0.25) is 0 Å². The van der Waals surface area contributed by atoms with Gasteiger partial charge in [0.1, 0.15) is 5.82 Å². The van der Waals surface area contributed by atoms with E-state index in [-0.39, 0.29) is 5.82 Å². The van der Waals surface area contributed by atoms with Gasteiger partial charge in [0, 0.05) is 24.0 Å². The topological polar surface area (TPSA) is 23.5 Å². The number of nitrogens with zero attached hydrogens (tertiary/aromatic N) is 1. The maximum absolute atomic E-state index is 13.9. The summed E-state index contributed by atoms with van der Waals surface area (Å²) in [6.07, 6.45) is 0.145. The van der Waals surface area contributed by atoms with Crippen LogP contribution in [0.15, 0.2) is 42.5 Å².